The number of rotatable bonds is 3. The smallest absolute Gasteiger partial charge is 0.354 e. The minimum absolute atomic E-state index is 0.0728. The topological polar surface area (TPSA) is 58.5 Å². The molecular weight excluding hydrogens is 370 g/mol. The van der Waals surface area contributed by atoms with E-state index in [2.05, 4.69) is 4.98 Å². The summed E-state index contributed by atoms with van der Waals surface area (Å²) in [6.07, 6.45) is 3.38. The number of pyridine rings is 1. The Kier molecular flexibility index (Phi) is 4.22. The fraction of sp³-hybridized carbons (Fsp3) is 0.105. The van der Waals surface area contributed by atoms with Gasteiger partial charge in [-0.05, 0) is 18.6 Å². The summed E-state index contributed by atoms with van der Waals surface area (Å²) in [5.41, 5.74) is 2.30. The minimum atomic E-state index is -0.262. The van der Waals surface area contributed by atoms with Crippen LogP contribution in [0.25, 0.3) is 16.8 Å². The number of halogens is 1. The molecule has 4 rings (SSSR count). The third-order valence-electron chi connectivity index (χ3n) is 4.17. The van der Waals surface area contributed by atoms with Crippen molar-refractivity contribution in [3.8, 4) is 17.0 Å². The van der Waals surface area contributed by atoms with Gasteiger partial charge in [-0.3, -0.25) is 0 Å². The van der Waals surface area contributed by atoms with Gasteiger partial charge in [0.05, 0.1) is 11.1 Å². The van der Waals surface area contributed by atoms with Gasteiger partial charge >= 0.3 is 5.56 Å². The lowest BCUT2D eigenvalue weighted by Crippen LogP contribution is -2.41. The van der Waals surface area contributed by atoms with Gasteiger partial charge in [0.25, 0.3) is 11.5 Å². The summed E-state index contributed by atoms with van der Waals surface area (Å²) in [7, 11) is 0. The Bertz CT molecular complexity index is 1180. The van der Waals surface area contributed by atoms with Crippen LogP contribution in [0, 0.1) is 6.92 Å². The maximum Gasteiger partial charge on any atom is 0.354 e. The van der Waals surface area contributed by atoms with Crippen molar-refractivity contribution in [2.45, 2.75) is 13.5 Å². The standard InChI is InChI=1S/C19H14ClN3O2S/c1-12-5-4-6-13(9-12)16-17(24)22-8-3-2-7-15(22)23(18(16)25)11-14-10-21-19(20)26-14/h2-10H,11H2,1H3/p+1. The van der Waals surface area contributed by atoms with Gasteiger partial charge in [0.2, 0.25) is 0 Å². The van der Waals surface area contributed by atoms with Gasteiger partial charge in [-0.1, -0.05) is 47.5 Å². The maximum atomic E-state index is 13.0. The molecule has 3 heterocycles. The molecule has 4 aromatic rings. The first kappa shape index (κ1) is 16.8. The Labute approximate surface area is 158 Å². The molecule has 0 fully saturated rings. The molecule has 0 radical (unpaired) electrons. The van der Waals surface area contributed by atoms with Gasteiger partial charge in [0.1, 0.15) is 6.54 Å². The number of aromatic hydroxyl groups is 1. The lowest BCUT2D eigenvalue weighted by atomic mass is 10.1. The fourth-order valence-corrected chi connectivity index (χ4v) is 3.97. The van der Waals surface area contributed by atoms with Crippen LogP contribution in [-0.2, 0) is 6.54 Å². The van der Waals surface area contributed by atoms with Crippen molar-refractivity contribution in [2.75, 3.05) is 0 Å². The van der Waals surface area contributed by atoms with E-state index in [-0.39, 0.29) is 17.0 Å². The highest BCUT2D eigenvalue weighted by Gasteiger charge is 2.25. The first-order valence-corrected chi connectivity index (χ1v) is 9.17. The second-order valence-electron chi connectivity index (χ2n) is 5.97. The van der Waals surface area contributed by atoms with E-state index >= 15 is 0 Å². The van der Waals surface area contributed by atoms with Gasteiger partial charge in [-0.15, -0.1) is 11.3 Å². The fourth-order valence-electron chi connectivity index (χ4n) is 3.01. The summed E-state index contributed by atoms with van der Waals surface area (Å²) in [6.45, 7) is 2.31. The van der Waals surface area contributed by atoms with Crippen molar-refractivity contribution in [1.29, 1.82) is 0 Å². The molecule has 0 spiro atoms. The molecule has 0 unspecified atom stereocenters. The molecule has 5 nitrogen and oxygen atoms in total. The molecule has 3 aromatic heterocycles. The van der Waals surface area contributed by atoms with Crippen molar-refractivity contribution in [3.05, 3.63) is 80.1 Å². The Hall–Kier alpha value is -2.70. The highest BCUT2D eigenvalue weighted by Crippen LogP contribution is 2.25. The number of hydrogen-bond acceptors (Lipinski definition) is 4. The van der Waals surface area contributed by atoms with Crippen molar-refractivity contribution in [2.24, 2.45) is 0 Å². The first-order chi connectivity index (χ1) is 12.5. The van der Waals surface area contributed by atoms with Crippen LogP contribution in [-0.4, -0.2) is 14.5 Å². The average molecular weight is 385 g/mol. The van der Waals surface area contributed by atoms with Gasteiger partial charge in [0, 0.05) is 12.3 Å². The summed E-state index contributed by atoms with van der Waals surface area (Å²) in [5, 5.41) is 11.0. The van der Waals surface area contributed by atoms with Crippen LogP contribution in [0.4, 0.5) is 0 Å². The third-order valence-corrected chi connectivity index (χ3v) is 5.27. The average Bonchev–Trinajstić information content (AvgIpc) is 3.04. The highest BCUT2D eigenvalue weighted by atomic mass is 35.5. The first-order valence-electron chi connectivity index (χ1n) is 7.98. The quantitative estimate of drug-likeness (QED) is 0.550. The zero-order valence-corrected chi connectivity index (χ0v) is 15.5. The normalized spacial score (nSPS) is 11.2. The summed E-state index contributed by atoms with van der Waals surface area (Å²) < 4.78 is 3.68. The molecule has 7 heteroatoms. The molecule has 0 aliphatic carbocycles. The van der Waals surface area contributed by atoms with Crippen molar-refractivity contribution >= 4 is 28.6 Å². The lowest BCUT2D eigenvalue weighted by Gasteiger charge is -2.09. The molecule has 0 bridgehead atoms. The van der Waals surface area contributed by atoms with E-state index < -0.39 is 0 Å². The van der Waals surface area contributed by atoms with E-state index in [9.17, 15) is 9.90 Å². The molecule has 0 saturated carbocycles. The summed E-state index contributed by atoms with van der Waals surface area (Å²) in [6, 6.07) is 13.0. The van der Waals surface area contributed by atoms with Gasteiger partial charge < -0.3 is 5.11 Å². The summed E-state index contributed by atoms with van der Waals surface area (Å²) in [5.74, 6) is -0.0728. The van der Waals surface area contributed by atoms with Gasteiger partial charge in [-0.2, -0.15) is 8.97 Å². The second-order valence-corrected chi connectivity index (χ2v) is 7.67. The zero-order chi connectivity index (χ0) is 18.3. The van der Waals surface area contributed by atoms with E-state index in [1.54, 1.807) is 33.5 Å². The molecule has 26 heavy (non-hydrogen) atoms. The molecule has 0 aliphatic rings. The van der Waals surface area contributed by atoms with Gasteiger partial charge in [0.15, 0.2) is 10.0 Å². The van der Waals surface area contributed by atoms with Crippen LogP contribution < -0.4 is 10.1 Å². The molecule has 1 N–H and O–H groups in total. The summed E-state index contributed by atoms with van der Waals surface area (Å²) >= 11 is 7.28. The monoisotopic (exact) mass is 384 g/mol. The van der Waals surface area contributed by atoms with E-state index in [0.29, 0.717) is 22.2 Å². The van der Waals surface area contributed by atoms with Crippen LogP contribution in [0.3, 0.4) is 0 Å². The Morgan fingerprint density at radius 1 is 1.27 bits per heavy atom. The number of benzene rings is 1. The maximum absolute atomic E-state index is 13.0. The predicted molar refractivity (Wildman–Crippen MR) is 102 cm³/mol. The minimum Gasteiger partial charge on any atom is -0.477 e. The number of hydrogen-bond donors (Lipinski definition) is 1. The lowest BCUT2D eigenvalue weighted by molar-refractivity contribution is -0.671. The molecule has 130 valence electrons. The largest absolute Gasteiger partial charge is 0.477 e. The van der Waals surface area contributed by atoms with Crippen LogP contribution in [0.5, 0.6) is 5.88 Å². The van der Waals surface area contributed by atoms with E-state index in [1.165, 1.54) is 11.3 Å². The second kappa shape index (κ2) is 6.55. The van der Waals surface area contributed by atoms with Crippen LogP contribution in [0.2, 0.25) is 4.47 Å². The number of aryl methyl sites for hydroxylation is 1. The van der Waals surface area contributed by atoms with Crippen molar-refractivity contribution in [1.82, 2.24) is 9.38 Å². The third kappa shape index (κ3) is 2.87. The zero-order valence-electron chi connectivity index (χ0n) is 13.9. The highest BCUT2D eigenvalue weighted by molar-refractivity contribution is 7.15. The predicted octanol–water partition coefficient (Wildman–Crippen LogP) is 3.43. The molecule has 1 aromatic carbocycles. The molecule has 0 saturated heterocycles. The number of fused-ring (bicyclic) bond motifs is 1. The van der Waals surface area contributed by atoms with Crippen LogP contribution in [0.15, 0.2) is 59.7 Å². The molecule has 0 aliphatic heterocycles. The van der Waals surface area contributed by atoms with Crippen LogP contribution >= 0.6 is 22.9 Å². The Balaban J connectivity index is 2.02. The Morgan fingerprint density at radius 2 is 2.12 bits per heavy atom. The van der Waals surface area contributed by atoms with Crippen molar-refractivity contribution in [3.63, 3.8) is 0 Å². The number of nitrogens with zero attached hydrogens (tertiary/aromatic N) is 3. The van der Waals surface area contributed by atoms with E-state index in [0.717, 1.165) is 10.4 Å². The Morgan fingerprint density at radius 3 is 2.85 bits per heavy atom. The SMILES string of the molecule is Cc1cccc(-c2c(O)[n+](Cc3cnc(Cl)s3)c3ccccn3c2=O)c1. The number of aromatic nitrogens is 3. The van der Waals surface area contributed by atoms with Crippen LogP contribution in [0.1, 0.15) is 10.4 Å². The molecule has 0 atom stereocenters. The van der Waals surface area contributed by atoms with E-state index in [4.69, 9.17) is 11.6 Å². The van der Waals surface area contributed by atoms with Gasteiger partial charge in [-0.25, -0.2) is 9.78 Å². The molecule has 0 amide bonds. The molecular formula is C19H15ClN3O2S+. The van der Waals surface area contributed by atoms with E-state index in [1.807, 2.05) is 37.3 Å². The van der Waals surface area contributed by atoms with Crippen molar-refractivity contribution < 1.29 is 9.67 Å². The summed E-state index contributed by atoms with van der Waals surface area (Å²) in [4.78, 5) is 18.0. The number of thiazole rings is 1.